The summed E-state index contributed by atoms with van der Waals surface area (Å²) in [4.78, 5) is 3.75. The zero-order valence-corrected chi connectivity index (χ0v) is 4.89. The van der Waals surface area contributed by atoms with E-state index in [-0.39, 0.29) is 0 Å². The molecule has 0 spiro atoms. The van der Waals surface area contributed by atoms with Gasteiger partial charge in [0, 0.05) is 23.4 Å². The molecule has 0 radical (unpaired) electrons. The van der Waals surface area contributed by atoms with Crippen molar-refractivity contribution in [3.63, 3.8) is 0 Å². The Kier molecular flexibility index (Phi) is 6.07. The molecule has 0 saturated carbocycles. The van der Waals surface area contributed by atoms with Gasteiger partial charge in [-0.1, -0.05) is 4.33 Å². The molecule has 0 aliphatic heterocycles. The maximum atomic E-state index is 6.06. The first-order valence-corrected chi connectivity index (χ1v) is 1.92. The minimum Gasteiger partial charge on any atom is -0.186 e. The fraction of sp³-hybridized carbons (Fsp3) is 0. The van der Waals surface area contributed by atoms with Gasteiger partial charge in [-0.2, -0.15) is 10.5 Å². The monoisotopic (exact) mass is 150 g/mol. The van der Waals surface area contributed by atoms with E-state index in [0.29, 0.717) is 0 Å². The first kappa shape index (κ1) is 7.91. The van der Waals surface area contributed by atoms with Gasteiger partial charge in [0.25, 0.3) is 0 Å². The number of nitrogens with zero attached hydrogens (tertiary/aromatic N) is 5. The Bertz CT molecular complexity index is 118. The minimum atomic E-state index is 2.47. The van der Waals surface area contributed by atoms with Crippen molar-refractivity contribution in [1.82, 2.24) is 0 Å². The van der Waals surface area contributed by atoms with Gasteiger partial charge in [0.05, 0.1) is 5.28 Å². The molecule has 0 bridgehead atoms. The van der Waals surface area contributed by atoms with Gasteiger partial charge in [0.1, 0.15) is 0 Å². The molecule has 0 atom stereocenters. The van der Waals surface area contributed by atoms with Crippen LogP contribution in [-0.4, -0.2) is 0 Å². The smallest absolute Gasteiger partial charge is 0.0888 e. The second-order valence-corrected chi connectivity index (χ2v) is 0.748. The molecule has 0 aliphatic rings. The van der Waals surface area contributed by atoms with Gasteiger partial charge in [0.2, 0.25) is 0 Å². The van der Waals surface area contributed by atoms with E-state index in [2.05, 4.69) is 48.4 Å². The van der Waals surface area contributed by atoms with E-state index in [1.54, 1.807) is 0 Å². The predicted molar refractivity (Wildman–Crippen MR) is 26.0 cm³/mol. The fourth-order valence-electron chi connectivity index (χ4n) is 0.0840. The zero-order valence-electron chi connectivity index (χ0n) is 4.00. The van der Waals surface area contributed by atoms with Crippen molar-refractivity contribution in [2.24, 2.45) is 26.2 Å². The number of hydrogen-bond donors (Lipinski definition) is 2. The average molecular weight is 150 g/mol. The normalized spacial score (nSPS) is 10.8. The molecule has 50 valence electrons. The molecule has 0 aromatic heterocycles. The summed E-state index contributed by atoms with van der Waals surface area (Å²) in [5, 5.41) is 13.6. The first-order valence-electron chi connectivity index (χ1n) is 1.56. The summed E-state index contributed by atoms with van der Waals surface area (Å²) < 4.78 is 3.68. The van der Waals surface area contributed by atoms with E-state index in [9.17, 15) is 0 Å². The largest absolute Gasteiger partial charge is 0.186 e. The Balaban J connectivity index is 3.23. The quantitative estimate of drug-likeness (QED) is 0.208. The molecule has 0 unspecified atom stereocenters. The topological polar surface area (TPSA) is 104 Å². The molecular formula is H2N6O2S. The lowest BCUT2D eigenvalue weighted by molar-refractivity contribution is -0.197. The third-order valence-corrected chi connectivity index (χ3v) is 0.295. The number of rotatable bonds is 4. The molecule has 0 saturated heterocycles. The van der Waals surface area contributed by atoms with Crippen molar-refractivity contribution in [2.45, 2.75) is 0 Å². The SMILES string of the molecule is N=NN=NN=NOOS. The average Bonchev–Trinajstić information content (AvgIpc) is 1.89. The summed E-state index contributed by atoms with van der Waals surface area (Å²) >= 11 is 3.14. The molecule has 8 nitrogen and oxygen atoms in total. The Morgan fingerprint density at radius 1 is 1.22 bits per heavy atom. The van der Waals surface area contributed by atoms with Crippen LogP contribution in [0.3, 0.4) is 0 Å². The van der Waals surface area contributed by atoms with Crippen molar-refractivity contribution in [3.05, 3.63) is 0 Å². The highest BCUT2D eigenvalue weighted by atomic mass is 32.1. The third kappa shape index (κ3) is 6.91. The molecule has 1 N–H and O–H groups in total. The lowest BCUT2D eigenvalue weighted by atomic mass is 12.5. The van der Waals surface area contributed by atoms with Crippen LogP contribution < -0.4 is 0 Å². The summed E-state index contributed by atoms with van der Waals surface area (Å²) in [6.07, 6.45) is 0. The van der Waals surface area contributed by atoms with E-state index in [0.717, 1.165) is 0 Å². The second kappa shape index (κ2) is 6.91. The molecule has 9 heteroatoms. The summed E-state index contributed by atoms with van der Waals surface area (Å²) in [7, 11) is 0. The van der Waals surface area contributed by atoms with E-state index in [1.165, 1.54) is 0 Å². The lowest BCUT2D eigenvalue weighted by Gasteiger charge is -1.78. The standard InChI is InChI=1S/H2N6O2S/c1-2-3-4-5-6-7-8-9/h1,9H. The van der Waals surface area contributed by atoms with Gasteiger partial charge in [-0.25, -0.2) is 0 Å². The molecule has 0 aromatic rings. The Hall–Kier alpha value is -1.09. The molecule has 0 heterocycles. The lowest BCUT2D eigenvalue weighted by Crippen LogP contribution is -1.65. The molecular weight excluding hydrogens is 148 g/mol. The second-order valence-electron chi connectivity index (χ2n) is 0.599. The molecule has 0 rings (SSSR count). The summed E-state index contributed by atoms with van der Waals surface area (Å²) in [5.41, 5.74) is 6.06. The highest BCUT2D eigenvalue weighted by Crippen LogP contribution is 1.85. The van der Waals surface area contributed by atoms with Gasteiger partial charge in [-0.15, -0.1) is 0 Å². The summed E-state index contributed by atoms with van der Waals surface area (Å²) in [6.45, 7) is 0. The Morgan fingerprint density at radius 3 is 2.56 bits per heavy atom. The predicted octanol–water partition coefficient (Wildman–Crippen LogP) is 1.46. The van der Waals surface area contributed by atoms with E-state index >= 15 is 0 Å². The minimum absolute atomic E-state index is 2.47. The van der Waals surface area contributed by atoms with Crippen LogP contribution in [0.15, 0.2) is 26.2 Å². The van der Waals surface area contributed by atoms with Crippen LogP contribution in [0, 0.1) is 5.53 Å². The van der Waals surface area contributed by atoms with E-state index in [4.69, 9.17) is 5.53 Å². The third-order valence-electron chi connectivity index (χ3n) is 0.228. The van der Waals surface area contributed by atoms with Crippen LogP contribution in [0.25, 0.3) is 0 Å². The fourth-order valence-corrected chi connectivity index (χ4v) is 0.114. The summed E-state index contributed by atoms with van der Waals surface area (Å²) in [5.74, 6) is 0. The van der Waals surface area contributed by atoms with Gasteiger partial charge in [-0.3, -0.25) is 0 Å². The zero-order chi connectivity index (χ0) is 6.95. The molecule has 9 heavy (non-hydrogen) atoms. The number of nitrogens with one attached hydrogen (secondary N) is 1. The van der Waals surface area contributed by atoms with Gasteiger partial charge in [-0.05, 0) is 10.4 Å². The first-order chi connectivity index (χ1) is 4.41. The highest BCUT2D eigenvalue weighted by Gasteiger charge is 1.69. The highest BCUT2D eigenvalue weighted by molar-refractivity contribution is 7.74. The van der Waals surface area contributed by atoms with Gasteiger partial charge in [0.15, 0.2) is 0 Å². The van der Waals surface area contributed by atoms with Crippen molar-refractivity contribution < 1.29 is 9.32 Å². The van der Waals surface area contributed by atoms with E-state index < -0.39 is 0 Å². The van der Waals surface area contributed by atoms with Crippen molar-refractivity contribution in [3.8, 4) is 0 Å². The van der Waals surface area contributed by atoms with Crippen LogP contribution in [0.5, 0.6) is 0 Å². The van der Waals surface area contributed by atoms with Crippen molar-refractivity contribution >= 4 is 12.9 Å². The van der Waals surface area contributed by atoms with Crippen LogP contribution in [0.2, 0.25) is 0 Å². The number of thiol groups is 1. The van der Waals surface area contributed by atoms with Crippen LogP contribution >= 0.6 is 12.9 Å². The molecule has 0 amide bonds. The van der Waals surface area contributed by atoms with Crippen LogP contribution in [-0.2, 0) is 9.32 Å². The van der Waals surface area contributed by atoms with Gasteiger partial charge < -0.3 is 0 Å². The molecule has 0 fully saturated rings. The van der Waals surface area contributed by atoms with Crippen molar-refractivity contribution in [2.75, 3.05) is 0 Å². The Labute approximate surface area is 54.9 Å². The maximum Gasteiger partial charge on any atom is 0.0888 e. The number of hydrogen-bond acceptors (Lipinski definition) is 5. The summed E-state index contributed by atoms with van der Waals surface area (Å²) in [6, 6.07) is 0. The Morgan fingerprint density at radius 2 is 2.00 bits per heavy atom. The van der Waals surface area contributed by atoms with Crippen LogP contribution in [0.4, 0.5) is 0 Å². The van der Waals surface area contributed by atoms with Gasteiger partial charge >= 0.3 is 0 Å². The molecule has 0 aliphatic carbocycles. The van der Waals surface area contributed by atoms with E-state index in [1.807, 2.05) is 0 Å². The van der Waals surface area contributed by atoms with Crippen LogP contribution in [0.1, 0.15) is 0 Å². The maximum absolute atomic E-state index is 6.06. The molecule has 0 aromatic carbocycles. The van der Waals surface area contributed by atoms with Crippen molar-refractivity contribution in [1.29, 1.82) is 5.53 Å².